The van der Waals surface area contributed by atoms with E-state index in [1.165, 1.54) is 30.2 Å². The summed E-state index contributed by atoms with van der Waals surface area (Å²) in [4.78, 5) is 16.0. The summed E-state index contributed by atoms with van der Waals surface area (Å²) in [5.41, 5.74) is 6.85. The van der Waals surface area contributed by atoms with Crippen molar-refractivity contribution in [2.75, 3.05) is 5.73 Å². The van der Waals surface area contributed by atoms with E-state index in [1.807, 2.05) is 0 Å². The van der Waals surface area contributed by atoms with E-state index in [0.717, 1.165) is 10.4 Å². The number of rotatable bonds is 2. The van der Waals surface area contributed by atoms with Gasteiger partial charge >= 0.3 is 0 Å². The summed E-state index contributed by atoms with van der Waals surface area (Å²) in [6.45, 7) is 0. The standard InChI is InChI=1S/C11H8FN5S/c12-6-1-3-7(4-2-6)18-10-8-9(15-5-14-8)16-11(13)17-10/h1-5H,(H3,13,14,15,16,17). The molecular weight excluding hydrogens is 253 g/mol. The second-order valence-electron chi connectivity index (χ2n) is 3.54. The third kappa shape index (κ3) is 2.00. The fourth-order valence-corrected chi connectivity index (χ4v) is 2.40. The number of aromatic nitrogens is 4. The Bertz CT molecular complexity index is 694. The molecule has 0 radical (unpaired) electrons. The summed E-state index contributed by atoms with van der Waals surface area (Å²) in [5.74, 6) is -0.104. The molecule has 0 atom stereocenters. The van der Waals surface area contributed by atoms with E-state index in [4.69, 9.17) is 5.73 Å². The van der Waals surface area contributed by atoms with Crippen molar-refractivity contribution >= 4 is 28.9 Å². The molecule has 0 spiro atoms. The van der Waals surface area contributed by atoms with Gasteiger partial charge in [0.1, 0.15) is 16.4 Å². The molecular formula is C11H8FN5S. The molecule has 0 unspecified atom stereocenters. The van der Waals surface area contributed by atoms with E-state index in [0.29, 0.717) is 10.7 Å². The number of nitrogen functional groups attached to an aromatic ring is 1. The van der Waals surface area contributed by atoms with E-state index in [-0.39, 0.29) is 11.8 Å². The first-order chi connectivity index (χ1) is 8.72. The lowest BCUT2D eigenvalue weighted by Crippen LogP contribution is -1.96. The molecule has 3 aromatic rings. The summed E-state index contributed by atoms with van der Waals surface area (Å²) >= 11 is 1.38. The van der Waals surface area contributed by atoms with Gasteiger partial charge in [0.15, 0.2) is 5.65 Å². The van der Waals surface area contributed by atoms with E-state index < -0.39 is 0 Å². The Hall–Kier alpha value is -2.15. The average molecular weight is 261 g/mol. The quantitative estimate of drug-likeness (QED) is 0.691. The number of nitrogens with one attached hydrogen (secondary N) is 1. The van der Waals surface area contributed by atoms with E-state index in [9.17, 15) is 4.39 Å². The highest BCUT2D eigenvalue weighted by Crippen LogP contribution is 2.30. The summed E-state index contributed by atoms with van der Waals surface area (Å²) < 4.78 is 12.8. The molecule has 18 heavy (non-hydrogen) atoms. The molecule has 0 amide bonds. The van der Waals surface area contributed by atoms with Crippen LogP contribution in [-0.2, 0) is 0 Å². The van der Waals surface area contributed by atoms with Crippen molar-refractivity contribution in [3.8, 4) is 0 Å². The zero-order valence-corrected chi connectivity index (χ0v) is 9.91. The Labute approximate surface area is 106 Å². The Morgan fingerprint density at radius 3 is 2.72 bits per heavy atom. The number of halogens is 1. The number of H-pyrrole nitrogens is 1. The van der Waals surface area contributed by atoms with E-state index in [2.05, 4.69) is 19.9 Å². The average Bonchev–Trinajstić information content (AvgIpc) is 2.80. The van der Waals surface area contributed by atoms with Gasteiger partial charge in [0.2, 0.25) is 5.95 Å². The van der Waals surface area contributed by atoms with Crippen LogP contribution in [0, 0.1) is 5.82 Å². The van der Waals surface area contributed by atoms with Gasteiger partial charge < -0.3 is 10.7 Å². The molecule has 0 saturated heterocycles. The second-order valence-corrected chi connectivity index (χ2v) is 4.61. The molecule has 0 saturated carbocycles. The molecule has 1 aromatic carbocycles. The van der Waals surface area contributed by atoms with Crippen molar-refractivity contribution in [3.63, 3.8) is 0 Å². The minimum Gasteiger partial charge on any atom is -0.368 e. The first kappa shape index (κ1) is 11.0. The molecule has 2 aromatic heterocycles. The van der Waals surface area contributed by atoms with Gasteiger partial charge in [-0.05, 0) is 24.3 Å². The predicted octanol–water partition coefficient (Wildman–Crippen LogP) is 2.23. The largest absolute Gasteiger partial charge is 0.368 e. The predicted molar refractivity (Wildman–Crippen MR) is 66.6 cm³/mol. The van der Waals surface area contributed by atoms with Crippen LogP contribution in [0.25, 0.3) is 11.2 Å². The highest BCUT2D eigenvalue weighted by Gasteiger charge is 2.09. The molecule has 2 heterocycles. The van der Waals surface area contributed by atoms with Crippen molar-refractivity contribution in [3.05, 3.63) is 36.4 Å². The van der Waals surface area contributed by atoms with Crippen LogP contribution in [0.5, 0.6) is 0 Å². The molecule has 0 fully saturated rings. The molecule has 0 aliphatic carbocycles. The first-order valence-corrected chi connectivity index (χ1v) is 5.94. The fraction of sp³-hybridized carbons (Fsp3) is 0. The minimum atomic E-state index is -0.270. The van der Waals surface area contributed by atoms with Gasteiger partial charge in [0.05, 0.1) is 6.33 Å². The van der Waals surface area contributed by atoms with Gasteiger partial charge in [0, 0.05) is 4.90 Å². The maximum Gasteiger partial charge on any atom is 0.223 e. The van der Waals surface area contributed by atoms with Crippen molar-refractivity contribution in [1.29, 1.82) is 0 Å². The van der Waals surface area contributed by atoms with Crippen molar-refractivity contribution in [1.82, 2.24) is 19.9 Å². The summed E-state index contributed by atoms with van der Waals surface area (Å²) in [6, 6.07) is 6.16. The van der Waals surface area contributed by atoms with Crippen LogP contribution >= 0.6 is 11.8 Å². The van der Waals surface area contributed by atoms with Crippen LogP contribution in [0.15, 0.2) is 40.5 Å². The van der Waals surface area contributed by atoms with Gasteiger partial charge in [0.25, 0.3) is 0 Å². The summed E-state index contributed by atoms with van der Waals surface area (Å²) in [5, 5.41) is 0.668. The zero-order chi connectivity index (χ0) is 12.5. The molecule has 0 aliphatic rings. The minimum absolute atomic E-state index is 0.166. The summed E-state index contributed by atoms with van der Waals surface area (Å²) in [7, 11) is 0. The number of imidazole rings is 1. The summed E-state index contributed by atoms with van der Waals surface area (Å²) in [6.07, 6.45) is 1.54. The Kier molecular flexibility index (Phi) is 2.60. The second kappa shape index (κ2) is 4.26. The number of benzene rings is 1. The number of hydrogen-bond acceptors (Lipinski definition) is 5. The Balaban J connectivity index is 2.03. The van der Waals surface area contributed by atoms with Crippen LogP contribution in [0.2, 0.25) is 0 Å². The van der Waals surface area contributed by atoms with Gasteiger partial charge in [-0.2, -0.15) is 4.98 Å². The van der Waals surface area contributed by atoms with Crippen LogP contribution in [0.3, 0.4) is 0 Å². The third-order valence-corrected chi connectivity index (χ3v) is 3.29. The molecule has 5 nitrogen and oxygen atoms in total. The Morgan fingerprint density at radius 1 is 1.17 bits per heavy atom. The zero-order valence-electron chi connectivity index (χ0n) is 9.09. The number of nitrogens with two attached hydrogens (primary N) is 1. The molecule has 0 bridgehead atoms. The number of aromatic amines is 1. The lowest BCUT2D eigenvalue weighted by Gasteiger charge is -2.02. The topological polar surface area (TPSA) is 80.5 Å². The van der Waals surface area contributed by atoms with Gasteiger partial charge in [-0.1, -0.05) is 11.8 Å². The highest BCUT2D eigenvalue weighted by atomic mass is 32.2. The number of anilines is 1. The van der Waals surface area contributed by atoms with E-state index >= 15 is 0 Å². The Morgan fingerprint density at radius 2 is 1.94 bits per heavy atom. The fourth-order valence-electron chi connectivity index (χ4n) is 1.51. The van der Waals surface area contributed by atoms with E-state index in [1.54, 1.807) is 12.1 Å². The lowest BCUT2D eigenvalue weighted by atomic mass is 10.4. The molecule has 3 N–H and O–H groups in total. The normalized spacial score (nSPS) is 10.9. The van der Waals surface area contributed by atoms with Crippen molar-refractivity contribution < 1.29 is 4.39 Å². The number of fused-ring (bicyclic) bond motifs is 1. The number of nitrogens with zero attached hydrogens (tertiary/aromatic N) is 3. The third-order valence-electron chi connectivity index (χ3n) is 2.30. The SMILES string of the molecule is Nc1nc(Sc2ccc(F)cc2)c2[nH]cnc2n1. The lowest BCUT2D eigenvalue weighted by molar-refractivity contribution is 0.626. The molecule has 3 rings (SSSR count). The van der Waals surface area contributed by atoms with Crippen LogP contribution in [0.1, 0.15) is 0 Å². The van der Waals surface area contributed by atoms with Gasteiger partial charge in [-0.3, -0.25) is 0 Å². The van der Waals surface area contributed by atoms with Gasteiger partial charge in [-0.25, -0.2) is 14.4 Å². The van der Waals surface area contributed by atoms with Gasteiger partial charge in [-0.15, -0.1) is 0 Å². The molecule has 0 aliphatic heterocycles. The monoisotopic (exact) mass is 261 g/mol. The van der Waals surface area contributed by atoms with Crippen molar-refractivity contribution in [2.24, 2.45) is 0 Å². The smallest absolute Gasteiger partial charge is 0.223 e. The molecule has 7 heteroatoms. The maximum atomic E-state index is 12.8. The maximum absolute atomic E-state index is 12.8. The van der Waals surface area contributed by atoms with Crippen LogP contribution in [-0.4, -0.2) is 19.9 Å². The van der Waals surface area contributed by atoms with Crippen molar-refractivity contribution in [2.45, 2.75) is 9.92 Å². The highest BCUT2D eigenvalue weighted by molar-refractivity contribution is 7.99. The van der Waals surface area contributed by atoms with Crippen LogP contribution in [0.4, 0.5) is 10.3 Å². The number of hydrogen-bond donors (Lipinski definition) is 2. The molecule has 90 valence electrons. The first-order valence-electron chi connectivity index (χ1n) is 5.12. The van der Waals surface area contributed by atoms with Crippen LogP contribution < -0.4 is 5.73 Å².